The SMILES string of the molecule is COc1ccc(S(=O)(=O)N2CCN(C(=O)C[NH+](C)Cc3ccc(C)o3)CC2)cc1. The van der Waals surface area contributed by atoms with E-state index in [1.54, 1.807) is 29.2 Å². The Bertz CT molecular complexity index is 931. The van der Waals surface area contributed by atoms with Crippen molar-refractivity contribution in [3.8, 4) is 5.75 Å². The molecule has 1 N–H and O–H groups in total. The molecule has 1 aromatic heterocycles. The minimum Gasteiger partial charge on any atom is -0.497 e. The van der Waals surface area contributed by atoms with Gasteiger partial charge in [-0.05, 0) is 43.3 Å². The van der Waals surface area contributed by atoms with E-state index in [0.717, 1.165) is 16.4 Å². The van der Waals surface area contributed by atoms with Crippen LogP contribution in [0, 0.1) is 6.92 Å². The largest absolute Gasteiger partial charge is 0.497 e. The first-order chi connectivity index (χ1) is 13.8. The van der Waals surface area contributed by atoms with Crippen molar-refractivity contribution in [1.29, 1.82) is 0 Å². The minimum absolute atomic E-state index is 0.0206. The molecule has 9 heteroatoms. The van der Waals surface area contributed by atoms with Gasteiger partial charge in [0.2, 0.25) is 10.0 Å². The number of carbonyl (C=O) groups excluding carboxylic acids is 1. The molecule has 1 atom stereocenters. The first kappa shape index (κ1) is 21.4. The zero-order valence-electron chi connectivity index (χ0n) is 17.1. The summed E-state index contributed by atoms with van der Waals surface area (Å²) < 4.78 is 37.7. The number of ether oxygens (including phenoxy) is 1. The second-order valence-corrected chi connectivity index (χ2v) is 9.22. The second-order valence-electron chi connectivity index (χ2n) is 7.28. The molecule has 29 heavy (non-hydrogen) atoms. The summed E-state index contributed by atoms with van der Waals surface area (Å²) in [6.07, 6.45) is 0. The molecule has 0 bridgehead atoms. The van der Waals surface area contributed by atoms with Crippen molar-refractivity contribution >= 4 is 15.9 Å². The normalized spacial score (nSPS) is 16.6. The molecule has 1 aliphatic rings. The van der Waals surface area contributed by atoms with E-state index < -0.39 is 10.0 Å². The monoisotopic (exact) mass is 422 g/mol. The van der Waals surface area contributed by atoms with Crippen LogP contribution >= 0.6 is 0 Å². The zero-order chi connectivity index (χ0) is 21.0. The van der Waals surface area contributed by atoms with E-state index in [0.29, 0.717) is 31.9 Å². The summed E-state index contributed by atoms with van der Waals surface area (Å²) in [5.41, 5.74) is 0. The third kappa shape index (κ3) is 5.17. The highest BCUT2D eigenvalue weighted by Gasteiger charge is 2.31. The number of piperazine rings is 1. The van der Waals surface area contributed by atoms with Gasteiger partial charge in [0.05, 0.1) is 19.1 Å². The first-order valence-corrected chi connectivity index (χ1v) is 11.0. The molecule has 1 aromatic carbocycles. The second kappa shape index (κ2) is 8.98. The molecule has 1 unspecified atom stereocenters. The van der Waals surface area contributed by atoms with Crippen LogP contribution in [0.3, 0.4) is 0 Å². The number of sulfonamides is 1. The van der Waals surface area contributed by atoms with Crippen LogP contribution in [0.15, 0.2) is 45.7 Å². The van der Waals surface area contributed by atoms with Gasteiger partial charge in [0.25, 0.3) is 5.91 Å². The number of furan rings is 1. The van der Waals surface area contributed by atoms with E-state index >= 15 is 0 Å². The highest BCUT2D eigenvalue weighted by molar-refractivity contribution is 7.89. The van der Waals surface area contributed by atoms with E-state index in [4.69, 9.17) is 9.15 Å². The van der Waals surface area contributed by atoms with Crippen LogP contribution in [-0.2, 0) is 21.4 Å². The lowest BCUT2D eigenvalue weighted by Gasteiger charge is -2.34. The lowest BCUT2D eigenvalue weighted by atomic mass is 10.3. The lowest BCUT2D eigenvalue weighted by molar-refractivity contribution is -0.886. The molecule has 0 spiro atoms. The van der Waals surface area contributed by atoms with E-state index in [2.05, 4.69) is 0 Å². The summed E-state index contributed by atoms with van der Waals surface area (Å²) in [5.74, 6) is 2.33. The average molecular weight is 423 g/mol. The van der Waals surface area contributed by atoms with Crippen molar-refractivity contribution in [2.45, 2.75) is 18.4 Å². The molecule has 0 aliphatic carbocycles. The quantitative estimate of drug-likeness (QED) is 0.687. The molecular formula is C20H28N3O5S+. The Morgan fingerprint density at radius 3 is 2.31 bits per heavy atom. The van der Waals surface area contributed by atoms with Gasteiger partial charge in [0, 0.05) is 26.2 Å². The first-order valence-electron chi connectivity index (χ1n) is 9.58. The van der Waals surface area contributed by atoms with Crippen LogP contribution in [0.4, 0.5) is 0 Å². The Balaban J connectivity index is 1.53. The highest BCUT2D eigenvalue weighted by atomic mass is 32.2. The summed E-state index contributed by atoms with van der Waals surface area (Å²) >= 11 is 0. The molecular weight excluding hydrogens is 394 g/mol. The number of carbonyl (C=O) groups is 1. The number of nitrogens with one attached hydrogen (secondary N) is 1. The van der Waals surface area contributed by atoms with Crippen molar-refractivity contribution in [1.82, 2.24) is 9.21 Å². The van der Waals surface area contributed by atoms with Gasteiger partial charge in [-0.25, -0.2) is 8.42 Å². The number of nitrogens with zero attached hydrogens (tertiary/aromatic N) is 2. The Hall–Kier alpha value is -2.36. The molecule has 1 amide bonds. The molecule has 0 saturated carbocycles. The summed E-state index contributed by atoms with van der Waals surface area (Å²) in [5, 5.41) is 0. The molecule has 1 saturated heterocycles. The van der Waals surface area contributed by atoms with Gasteiger partial charge in [-0.3, -0.25) is 4.79 Å². The van der Waals surface area contributed by atoms with Gasteiger partial charge in [-0.15, -0.1) is 0 Å². The Labute approximate surface area is 171 Å². The van der Waals surface area contributed by atoms with Gasteiger partial charge in [0.1, 0.15) is 18.1 Å². The number of rotatable bonds is 7. The number of hydrogen-bond acceptors (Lipinski definition) is 5. The molecule has 158 valence electrons. The summed E-state index contributed by atoms with van der Waals surface area (Å²) in [6.45, 7) is 4.22. The third-order valence-corrected chi connectivity index (χ3v) is 6.93. The van der Waals surface area contributed by atoms with Gasteiger partial charge in [0.15, 0.2) is 12.3 Å². The fraction of sp³-hybridized carbons (Fsp3) is 0.450. The number of aryl methyl sites for hydroxylation is 1. The number of quaternary nitrogens is 1. The van der Waals surface area contributed by atoms with Gasteiger partial charge in [-0.1, -0.05) is 0 Å². The smallest absolute Gasteiger partial charge is 0.277 e. The molecule has 8 nitrogen and oxygen atoms in total. The maximum Gasteiger partial charge on any atom is 0.277 e. The number of hydrogen-bond donors (Lipinski definition) is 1. The van der Waals surface area contributed by atoms with E-state index in [9.17, 15) is 13.2 Å². The topological polar surface area (TPSA) is 84.5 Å². The van der Waals surface area contributed by atoms with Crippen LogP contribution in [-0.4, -0.2) is 70.4 Å². The molecule has 3 rings (SSSR count). The van der Waals surface area contributed by atoms with E-state index in [-0.39, 0.29) is 23.9 Å². The lowest BCUT2D eigenvalue weighted by Crippen LogP contribution is -3.08. The number of methoxy groups -OCH3 is 1. The maximum absolute atomic E-state index is 12.8. The highest BCUT2D eigenvalue weighted by Crippen LogP contribution is 2.20. The van der Waals surface area contributed by atoms with Crippen molar-refractivity contribution in [2.75, 3.05) is 46.9 Å². The van der Waals surface area contributed by atoms with Crippen molar-refractivity contribution in [2.24, 2.45) is 0 Å². The molecule has 1 fully saturated rings. The average Bonchev–Trinajstić information content (AvgIpc) is 3.12. The van der Waals surface area contributed by atoms with Crippen molar-refractivity contribution < 1.29 is 27.3 Å². The van der Waals surface area contributed by atoms with E-state index in [1.165, 1.54) is 11.4 Å². The van der Waals surface area contributed by atoms with Gasteiger partial charge in [-0.2, -0.15) is 4.31 Å². The standard InChI is InChI=1S/C20H27N3O5S/c1-16-4-5-18(28-16)14-21(2)15-20(24)22-10-12-23(13-11-22)29(25,26)19-8-6-17(27-3)7-9-19/h4-9H,10-15H2,1-3H3/p+1. The van der Waals surface area contributed by atoms with Crippen molar-refractivity contribution in [3.05, 3.63) is 47.9 Å². The predicted octanol–water partition coefficient (Wildman–Crippen LogP) is 0.144. The third-order valence-electron chi connectivity index (χ3n) is 5.01. The summed E-state index contributed by atoms with van der Waals surface area (Å²) in [6, 6.07) is 10.2. The summed E-state index contributed by atoms with van der Waals surface area (Å²) in [4.78, 5) is 15.6. The van der Waals surface area contributed by atoms with Gasteiger partial charge >= 0.3 is 0 Å². The molecule has 1 aliphatic heterocycles. The van der Waals surface area contributed by atoms with E-state index in [1.807, 2.05) is 26.1 Å². The number of amides is 1. The number of likely N-dealkylation sites (N-methyl/N-ethyl adjacent to an activating group) is 1. The van der Waals surface area contributed by atoms with Crippen molar-refractivity contribution in [3.63, 3.8) is 0 Å². The van der Waals surface area contributed by atoms with Crippen LogP contribution in [0.5, 0.6) is 5.75 Å². The van der Waals surface area contributed by atoms with Crippen LogP contribution < -0.4 is 9.64 Å². The predicted molar refractivity (Wildman–Crippen MR) is 107 cm³/mol. The Morgan fingerprint density at radius 2 is 1.76 bits per heavy atom. The van der Waals surface area contributed by atoms with Crippen LogP contribution in [0.25, 0.3) is 0 Å². The fourth-order valence-corrected chi connectivity index (χ4v) is 4.81. The molecule has 0 radical (unpaired) electrons. The molecule has 2 aromatic rings. The maximum atomic E-state index is 12.8. The van der Waals surface area contributed by atoms with Crippen LogP contribution in [0.2, 0.25) is 0 Å². The number of benzene rings is 1. The Morgan fingerprint density at radius 1 is 1.10 bits per heavy atom. The summed E-state index contributed by atoms with van der Waals surface area (Å²) in [7, 11) is -0.0945. The zero-order valence-corrected chi connectivity index (χ0v) is 17.9. The van der Waals surface area contributed by atoms with Crippen LogP contribution in [0.1, 0.15) is 11.5 Å². The minimum atomic E-state index is -3.58. The Kier molecular flexibility index (Phi) is 6.61. The fourth-order valence-electron chi connectivity index (χ4n) is 3.38. The molecule has 2 heterocycles. The van der Waals surface area contributed by atoms with Gasteiger partial charge < -0.3 is 19.0 Å².